The van der Waals surface area contributed by atoms with Crippen molar-refractivity contribution in [3.63, 3.8) is 0 Å². The normalized spacial score (nSPS) is 10.9. The van der Waals surface area contributed by atoms with E-state index in [1.165, 1.54) is 36.0 Å². The van der Waals surface area contributed by atoms with Crippen LogP contribution in [0, 0.1) is 5.82 Å². The number of ketones is 1. The topological polar surface area (TPSA) is 87.7 Å². The van der Waals surface area contributed by atoms with Gasteiger partial charge in [-0.3, -0.25) is 9.59 Å². The molecule has 0 saturated carbocycles. The van der Waals surface area contributed by atoms with Gasteiger partial charge in [0.1, 0.15) is 16.7 Å². The van der Waals surface area contributed by atoms with Gasteiger partial charge in [-0.2, -0.15) is 0 Å². The molecule has 1 amide bonds. The molecule has 0 aliphatic carbocycles. The number of pyridine rings is 1. The Bertz CT molecular complexity index is 1190. The molecule has 0 radical (unpaired) electrons. The summed E-state index contributed by atoms with van der Waals surface area (Å²) in [5, 5.41) is 3.35. The first kappa shape index (κ1) is 20.7. The van der Waals surface area contributed by atoms with Crippen molar-refractivity contribution >= 4 is 34.5 Å². The number of carbonyl (C=O) groups excluding carboxylic acids is 2. The van der Waals surface area contributed by atoms with Crippen molar-refractivity contribution in [2.75, 3.05) is 12.3 Å². The minimum atomic E-state index is -0.393. The quantitative estimate of drug-likeness (QED) is 0.323. The van der Waals surface area contributed by atoms with Gasteiger partial charge in [-0.05, 0) is 48.5 Å². The highest BCUT2D eigenvalue weighted by Gasteiger charge is 2.15. The molecule has 0 unspecified atom stereocenters. The Morgan fingerprint density at radius 3 is 2.65 bits per heavy atom. The average Bonchev–Trinajstić information content (AvgIpc) is 3.21. The first-order valence-electron chi connectivity index (χ1n) is 9.68. The number of amides is 1. The third-order valence-corrected chi connectivity index (χ3v) is 5.61. The van der Waals surface area contributed by atoms with Crippen molar-refractivity contribution < 1.29 is 14.0 Å². The van der Waals surface area contributed by atoms with Gasteiger partial charge >= 0.3 is 0 Å². The molecule has 0 aliphatic heterocycles. The van der Waals surface area contributed by atoms with Crippen molar-refractivity contribution in [1.29, 1.82) is 0 Å². The van der Waals surface area contributed by atoms with E-state index in [9.17, 15) is 14.0 Å². The first-order chi connectivity index (χ1) is 15.1. The monoisotopic (exact) mass is 434 g/mol. The fourth-order valence-electron chi connectivity index (χ4n) is 3.05. The number of aromatic amines is 1. The summed E-state index contributed by atoms with van der Waals surface area (Å²) < 4.78 is 13.0. The van der Waals surface area contributed by atoms with Crippen LogP contribution in [0.3, 0.4) is 0 Å². The Morgan fingerprint density at radius 2 is 1.84 bits per heavy atom. The summed E-state index contributed by atoms with van der Waals surface area (Å²) in [5.41, 5.74) is 2.67. The summed E-state index contributed by atoms with van der Waals surface area (Å²) in [5.74, 6) is 0.0811. The molecule has 156 valence electrons. The molecule has 6 nitrogen and oxygen atoms in total. The molecule has 2 aromatic carbocycles. The Morgan fingerprint density at radius 1 is 1.03 bits per heavy atom. The number of halogens is 1. The number of thioether (sulfide) groups is 1. The van der Waals surface area contributed by atoms with Crippen LogP contribution in [0.15, 0.2) is 71.9 Å². The Kier molecular flexibility index (Phi) is 6.37. The van der Waals surface area contributed by atoms with Crippen LogP contribution >= 0.6 is 11.8 Å². The number of para-hydroxylation sites is 2. The Labute approximate surface area is 182 Å². The van der Waals surface area contributed by atoms with E-state index >= 15 is 0 Å². The summed E-state index contributed by atoms with van der Waals surface area (Å²) >= 11 is 1.18. The lowest BCUT2D eigenvalue weighted by Gasteiger charge is -2.08. The molecule has 2 heterocycles. The van der Waals surface area contributed by atoms with E-state index in [2.05, 4.69) is 20.3 Å². The molecule has 4 rings (SSSR count). The molecule has 0 aliphatic rings. The number of benzene rings is 2. The highest BCUT2D eigenvalue weighted by atomic mass is 32.2. The zero-order chi connectivity index (χ0) is 21.6. The fourth-order valence-corrected chi connectivity index (χ4v) is 3.93. The lowest BCUT2D eigenvalue weighted by Crippen LogP contribution is -2.26. The van der Waals surface area contributed by atoms with E-state index in [4.69, 9.17) is 0 Å². The van der Waals surface area contributed by atoms with Gasteiger partial charge in [-0.25, -0.2) is 14.4 Å². The predicted molar refractivity (Wildman–Crippen MR) is 118 cm³/mol. The van der Waals surface area contributed by atoms with Gasteiger partial charge in [-0.1, -0.05) is 23.9 Å². The van der Waals surface area contributed by atoms with Crippen molar-refractivity contribution in [2.24, 2.45) is 0 Å². The van der Waals surface area contributed by atoms with Crippen LogP contribution in [0.25, 0.3) is 11.0 Å². The van der Waals surface area contributed by atoms with Crippen LogP contribution < -0.4 is 5.32 Å². The smallest absolute Gasteiger partial charge is 0.254 e. The van der Waals surface area contributed by atoms with Crippen LogP contribution in [0.5, 0.6) is 0 Å². The number of hydrogen-bond acceptors (Lipinski definition) is 5. The highest BCUT2D eigenvalue weighted by Crippen LogP contribution is 2.21. The van der Waals surface area contributed by atoms with Gasteiger partial charge in [-0.15, -0.1) is 0 Å². The number of fused-ring (bicyclic) bond motifs is 1. The summed E-state index contributed by atoms with van der Waals surface area (Å²) in [6, 6.07) is 16.5. The average molecular weight is 434 g/mol. The number of nitrogens with one attached hydrogen (secondary N) is 2. The van der Waals surface area contributed by atoms with Gasteiger partial charge in [0.15, 0.2) is 5.78 Å². The lowest BCUT2D eigenvalue weighted by atomic mass is 10.1. The molecular formula is C23H19FN4O2S. The van der Waals surface area contributed by atoms with E-state index in [0.29, 0.717) is 29.1 Å². The minimum absolute atomic E-state index is 0.0991. The highest BCUT2D eigenvalue weighted by molar-refractivity contribution is 8.00. The first-order valence-corrected chi connectivity index (χ1v) is 10.7. The molecule has 0 saturated heterocycles. The van der Waals surface area contributed by atoms with Gasteiger partial charge < -0.3 is 10.3 Å². The fraction of sp³-hybridized carbons (Fsp3) is 0.130. The zero-order valence-electron chi connectivity index (χ0n) is 16.5. The second-order valence-corrected chi connectivity index (χ2v) is 7.75. The molecule has 2 aromatic heterocycles. The number of rotatable bonds is 8. The van der Waals surface area contributed by atoms with E-state index < -0.39 is 5.82 Å². The molecule has 0 bridgehead atoms. The molecule has 4 aromatic rings. The number of H-pyrrole nitrogens is 1. The molecule has 0 atom stereocenters. The van der Waals surface area contributed by atoms with Crippen LogP contribution in [-0.4, -0.2) is 38.9 Å². The molecule has 0 spiro atoms. The number of nitrogens with zero attached hydrogens (tertiary/aromatic N) is 2. The molecular weight excluding hydrogens is 415 g/mol. The molecule has 0 fully saturated rings. The van der Waals surface area contributed by atoms with Crippen LogP contribution in [0.4, 0.5) is 4.39 Å². The molecule has 31 heavy (non-hydrogen) atoms. The minimum Gasteiger partial charge on any atom is -0.352 e. The maximum Gasteiger partial charge on any atom is 0.254 e. The van der Waals surface area contributed by atoms with E-state index in [-0.39, 0.29) is 17.4 Å². The predicted octanol–water partition coefficient (Wildman–Crippen LogP) is 4.04. The molecule has 2 N–H and O–H groups in total. The second kappa shape index (κ2) is 9.53. The number of carbonyl (C=O) groups is 2. The van der Waals surface area contributed by atoms with Gasteiger partial charge in [0.2, 0.25) is 0 Å². The number of Topliss-reactive ketones (excluding diaryl/α,β-unsaturated/α-hetero) is 1. The zero-order valence-corrected chi connectivity index (χ0v) is 17.3. The molecule has 8 heteroatoms. The van der Waals surface area contributed by atoms with E-state index in [0.717, 1.165) is 16.9 Å². The summed E-state index contributed by atoms with van der Waals surface area (Å²) in [7, 11) is 0. The van der Waals surface area contributed by atoms with Crippen molar-refractivity contribution in [1.82, 2.24) is 20.3 Å². The third kappa shape index (κ3) is 5.16. The number of imidazole rings is 1. The van der Waals surface area contributed by atoms with E-state index in [1.807, 2.05) is 24.3 Å². The second-order valence-electron chi connectivity index (χ2n) is 6.78. The maximum atomic E-state index is 13.0. The summed E-state index contributed by atoms with van der Waals surface area (Å²) in [6.45, 7) is 0.409. The van der Waals surface area contributed by atoms with E-state index in [1.54, 1.807) is 18.3 Å². The summed E-state index contributed by atoms with van der Waals surface area (Å²) in [6.07, 6.45) is 2.14. The van der Waals surface area contributed by atoms with Gasteiger partial charge in [0.25, 0.3) is 5.91 Å². The van der Waals surface area contributed by atoms with Crippen molar-refractivity contribution in [3.8, 4) is 0 Å². The Hall–Kier alpha value is -3.52. The SMILES string of the molecule is O=C(CSc1ncccc1C(=O)NCCc1nc2ccccc2[nH]1)c1ccc(F)cc1. The van der Waals surface area contributed by atoms with Gasteiger partial charge in [0.05, 0.1) is 22.3 Å². The third-order valence-electron chi connectivity index (χ3n) is 4.61. The Balaban J connectivity index is 1.35. The number of hydrogen-bond donors (Lipinski definition) is 2. The van der Waals surface area contributed by atoms with Crippen LogP contribution in [0.1, 0.15) is 26.5 Å². The largest absolute Gasteiger partial charge is 0.352 e. The van der Waals surface area contributed by atoms with Crippen molar-refractivity contribution in [2.45, 2.75) is 11.4 Å². The van der Waals surface area contributed by atoms with Crippen LogP contribution in [-0.2, 0) is 6.42 Å². The lowest BCUT2D eigenvalue weighted by molar-refractivity contribution is 0.0949. The van der Waals surface area contributed by atoms with Crippen molar-refractivity contribution in [3.05, 3.63) is 89.6 Å². The standard InChI is InChI=1S/C23H19FN4O2S/c24-16-9-7-15(8-10-16)20(29)14-31-23-17(4-3-12-26-23)22(30)25-13-11-21-27-18-5-1-2-6-19(18)28-21/h1-10,12H,11,13-14H2,(H,25,30)(H,27,28). The summed E-state index contributed by atoms with van der Waals surface area (Å²) in [4.78, 5) is 37.0. The maximum absolute atomic E-state index is 13.0. The number of aromatic nitrogens is 3. The van der Waals surface area contributed by atoms with Crippen LogP contribution in [0.2, 0.25) is 0 Å². The van der Waals surface area contributed by atoms with Gasteiger partial charge in [0, 0.05) is 24.7 Å².